The number of hydrogen-bond donors (Lipinski definition) is 2. The van der Waals surface area contributed by atoms with Crippen LogP contribution < -0.4 is 15.4 Å². The molecule has 2 amide bonds. The summed E-state index contributed by atoms with van der Waals surface area (Å²) < 4.78 is 5.29. The van der Waals surface area contributed by atoms with E-state index in [2.05, 4.69) is 15.6 Å². The highest BCUT2D eigenvalue weighted by Crippen LogP contribution is 2.33. The third kappa shape index (κ3) is 1.25. The molecule has 5 heteroatoms. The Morgan fingerprint density at radius 2 is 2.38 bits per heavy atom. The number of benzene rings is 1. The lowest BCUT2D eigenvalue weighted by Gasteiger charge is -2.19. The van der Waals surface area contributed by atoms with Gasteiger partial charge >= 0.3 is 6.03 Å². The molecule has 16 heavy (non-hydrogen) atoms. The molecule has 5 nitrogen and oxygen atoms in total. The van der Waals surface area contributed by atoms with E-state index in [9.17, 15) is 4.79 Å². The quantitative estimate of drug-likeness (QED) is 0.736. The van der Waals surface area contributed by atoms with Crippen LogP contribution in [0.4, 0.5) is 10.5 Å². The molecule has 1 unspecified atom stereocenters. The molecule has 2 N–H and O–H groups in total. The molecule has 0 radical (unpaired) electrons. The first-order chi connectivity index (χ1) is 7.78. The van der Waals surface area contributed by atoms with E-state index >= 15 is 0 Å². The van der Waals surface area contributed by atoms with Gasteiger partial charge in [0, 0.05) is 12.0 Å². The van der Waals surface area contributed by atoms with E-state index in [1.54, 1.807) is 7.11 Å². The zero-order valence-electron chi connectivity index (χ0n) is 8.78. The predicted molar refractivity (Wildman–Crippen MR) is 59.2 cm³/mol. The van der Waals surface area contributed by atoms with E-state index in [0.29, 0.717) is 5.84 Å². The van der Waals surface area contributed by atoms with Gasteiger partial charge in [0.05, 0.1) is 18.8 Å². The molecule has 0 saturated carbocycles. The number of carbonyl (C=O) groups excluding carboxylic acids is 1. The summed E-state index contributed by atoms with van der Waals surface area (Å²) in [5.74, 6) is 1.52. The number of rotatable bonds is 1. The van der Waals surface area contributed by atoms with Crippen molar-refractivity contribution in [3.8, 4) is 5.75 Å². The van der Waals surface area contributed by atoms with E-state index in [1.165, 1.54) is 0 Å². The number of aliphatic imine (C=N–C) groups is 1. The Balaban J connectivity index is 2.08. The number of nitrogens with zero attached hydrogens (tertiary/aromatic N) is 1. The van der Waals surface area contributed by atoms with Crippen LogP contribution in [0.2, 0.25) is 0 Å². The average molecular weight is 217 g/mol. The summed E-state index contributed by atoms with van der Waals surface area (Å²) in [4.78, 5) is 15.6. The van der Waals surface area contributed by atoms with Crippen molar-refractivity contribution in [3.63, 3.8) is 0 Å². The summed E-state index contributed by atoms with van der Waals surface area (Å²) in [5.41, 5.74) is 1.91. The van der Waals surface area contributed by atoms with Crippen molar-refractivity contribution < 1.29 is 9.53 Å². The second-order valence-corrected chi connectivity index (χ2v) is 3.81. The van der Waals surface area contributed by atoms with Gasteiger partial charge in [-0.25, -0.2) is 9.79 Å². The number of carbonyl (C=O) groups is 1. The lowest BCUT2D eigenvalue weighted by molar-refractivity contribution is 0.248. The number of nitrogens with one attached hydrogen (secondary N) is 2. The maximum atomic E-state index is 11.2. The lowest BCUT2D eigenvalue weighted by Crippen LogP contribution is -2.33. The normalized spacial score (nSPS) is 21.4. The van der Waals surface area contributed by atoms with Gasteiger partial charge in [-0.1, -0.05) is 6.07 Å². The number of urea groups is 1. The highest BCUT2D eigenvalue weighted by atomic mass is 16.5. The largest absolute Gasteiger partial charge is 0.496 e. The molecule has 1 atom stereocenters. The molecule has 3 rings (SSSR count). The fourth-order valence-corrected chi connectivity index (χ4v) is 2.11. The Morgan fingerprint density at radius 3 is 3.19 bits per heavy atom. The van der Waals surface area contributed by atoms with E-state index in [1.807, 2.05) is 18.2 Å². The van der Waals surface area contributed by atoms with Crippen molar-refractivity contribution in [2.24, 2.45) is 4.99 Å². The van der Waals surface area contributed by atoms with Crippen LogP contribution in [-0.2, 0) is 6.42 Å². The monoisotopic (exact) mass is 217 g/mol. The maximum Gasteiger partial charge on any atom is 0.320 e. The zero-order chi connectivity index (χ0) is 11.1. The molecule has 0 spiro atoms. The molecule has 1 fully saturated rings. The Hall–Kier alpha value is -2.04. The molecule has 1 saturated heterocycles. The van der Waals surface area contributed by atoms with Crippen molar-refractivity contribution in [2.75, 3.05) is 7.11 Å². The molecule has 2 aliphatic heterocycles. The van der Waals surface area contributed by atoms with Crippen LogP contribution in [0.25, 0.3) is 0 Å². The standard InChI is InChI=1S/C11H11N3O2/c1-16-9-4-2-3-7-6(9)5-8-10(12-7)14-11(15)13-8/h2-4,8H,5H2,1H3,(H2,12,13,14,15). The van der Waals surface area contributed by atoms with Crippen LogP contribution in [0.5, 0.6) is 5.75 Å². The van der Waals surface area contributed by atoms with Crippen LogP contribution in [-0.4, -0.2) is 25.0 Å². The van der Waals surface area contributed by atoms with Crippen molar-refractivity contribution in [2.45, 2.75) is 12.5 Å². The number of hydrogen-bond acceptors (Lipinski definition) is 3. The van der Waals surface area contributed by atoms with Crippen LogP contribution >= 0.6 is 0 Å². The number of amides is 2. The minimum atomic E-state index is -0.185. The van der Waals surface area contributed by atoms with Gasteiger partial charge in [0.25, 0.3) is 0 Å². The summed E-state index contributed by atoms with van der Waals surface area (Å²) in [6.45, 7) is 0. The molecule has 2 aliphatic rings. The maximum absolute atomic E-state index is 11.2. The Labute approximate surface area is 92.5 Å². The van der Waals surface area contributed by atoms with Gasteiger partial charge in [-0.05, 0) is 12.1 Å². The molecular weight excluding hydrogens is 206 g/mol. The summed E-state index contributed by atoms with van der Waals surface area (Å²) in [6, 6.07) is 5.49. The lowest BCUT2D eigenvalue weighted by atomic mass is 10.00. The fraction of sp³-hybridized carbons (Fsp3) is 0.273. The molecule has 0 aromatic heterocycles. The first kappa shape index (κ1) is 9.21. The molecular formula is C11H11N3O2. The van der Waals surface area contributed by atoms with Crippen molar-refractivity contribution in [3.05, 3.63) is 23.8 Å². The van der Waals surface area contributed by atoms with Crippen LogP contribution in [0.3, 0.4) is 0 Å². The summed E-state index contributed by atoms with van der Waals surface area (Å²) in [6.07, 6.45) is 0.719. The number of amidine groups is 1. The SMILES string of the molecule is COc1cccc2c1CC1NC(=O)NC1=N2. The number of fused-ring (bicyclic) bond motifs is 2. The smallest absolute Gasteiger partial charge is 0.320 e. The minimum Gasteiger partial charge on any atom is -0.496 e. The van der Waals surface area contributed by atoms with Crippen LogP contribution in [0.15, 0.2) is 23.2 Å². The van der Waals surface area contributed by atoms with E-state index in [-0.39, 0.29) is 12.1 Å². The van der Waals surface area contributed by atoms with E-state index in [0.717, 1.165) is 23.4 Å². The van der Waals surface area contributed by atoms with Crippen LogP contribution in [0.1, 0.15) is 5.56 Å². The Kier molecular flexibility index (Phi) is 1.86. The first-order valence-corrected chi connectivity index (χ1v) is 5.10. The Morgan fingerprint density at radius 1 is 1.50 bits per heavy atom. The summed E-state index contributed by atoms with van der Waals surface area (Å²) in [7, 11) is 1.64. The topological polar surface area (TPSA) is 62.7 Å². The van der Waals surface area contributed by atoms with E-state index < -0.39 is 0 Å². The minimum absolute atomic E-state index is 0.0451. The van der Waals surface area contributed by atoms with E-state index in [4.69, 9.17) is 4.74 Å². The summed E-state index contributed by atoms with van der Waals surface area (Å²) >= 11 is 0. The molecule has 1 aromatic rings. The van der Waals surface area contributed by atoms with Gasteiger partial charge in [-0.3, -0.25) is 5.32 Å². The highest BCUT2D eigenvalue weighted by Gasteiger charge is 2.32. The van der Waals surface area contributed by atoms with Gasteiger partial charge < -0.3 is 10.1 Å². The molecule has 2 heterocycles. The van der Waals surface area contributed by atoms with Crippen molar-refractivity contribution >= 4 is 17.6 Å². The predicted octanol–water partition coefficient (Wildman–Crippen LogP) is 0.963. The molecule has 82 valence electrons. The molecule has 0 aliphatic carbocycles. The van der Waals surface area contributed by atoms with Gasteiger partial charge in [-0.15, -0.1) is 0 Å². The second-order valence-electron chi connectivity index (χ2n) is 3.81. The van der Waals surface area contributed by atoms with Crippen molar-refractivity contribution in [1.29, 1.82) is 0 Å². The first-order valence-electron chi connectivity index (χ1n) is 5.10. The third-order valence-electron chi connectivity index (χ3n) is 2.85. The fourth-order valence-electron chi connectivity index (χ4n) is 2.11. The van der Waals surface area contributed by atoms with Gasteiger partial charge in [0.15, 0.2) is 0 Å². The summed E-state index contributed by atoms with van der Waals surface area (Å²) in [5, 5.41) is 5.50. The zero-order valence-corrected chi connectivity index (χ0v) is 8.78. The molecule has 0 bridgehead atoms. The second kappa shape index (κ2) is 3.23. The van der Waals surface area contributed by atoms with Gasteiger partial charge in [-0.2, -0.15) is 0 Å². The third-order valence-corrected chi connectivity index (χ3v) is 2.85. The molecule has 1 aromatic carbocycles. The number of methoxy groups -OCH3 is 1. The van der Waals surface area contributed by atoms with Gasteiger partial charge in [0.1, 0.15) is 11.6 Å². The highest BCUT2D eigenvalue weighted by molar-refractivity contribution is 6.09. The van der Waals surface area contributed by atoms with Crippen molar-refractivity contribution in [1.82, 2.24) is 10.6 Å². The van der Waals surface area contributed by atoms with Gasteiger partial charge in [0.2, 0.25) is 0 Å². The Bertz CT molecular complexity index is 496. The van der Waals surface area contributed by atoms with Crippen LogP contribution in [0, 0.1) is 0 Å². The number of ether oxygens (including phenoxy) is 1. The average Bonchev–Trinajstić information content (AvgIpc) is 2.64.